The number of carbonyl (C=O) groups excluding carboxylic acids is 1. The van der Waals surface area contributed by atoms with E-state index in [1.165, 1.54) is 0 Å². The lowest BCUT2D eigenvalue weighted by atomic mass is 10.1. The molecule has 6 nitrogen and oxygen atoms in total. The second-order valence-electron chi connectivity index (χ2n) is 6.08. The van der Waals surface area contributed by atoms with E-state index in [-0.39, 0.29) is 18.5 Å². The van der Waals surface area contributed by atoms with Crippen LogP contribution >= 0.6 is 0 Å². The number of aliphatic hydroxyl groups is 1. The fraction of sp³-hybridized carbons (Fsp3) is 0.474. The standard InChI is InChI=1S/C19H27N3O3/c1-5-15(6-2)22-17(11-13(3)21-22)19(24)20-12-18(23)14-7-9-16(25-4)10-8-14/h7-11,15,18,23H,5-6,12H2,1-4H3,(H,20,24). The fourth-order valence-electron chi connectivity index (χ4n) is 2.82. The Morgan fingerprint density at radius 2 is 1.92 bits per heavy atom. The molecule has 0 aliphatic rings. The monoisotopic (exact) mass is 345 g/mol. The maximum atomic E-state index is 12.5. The minimum Gasteiger partial charge on any atom is -0.497 e. The minimum atomic E-state index is -0.777. The molecule has 0 aliphatic carbocycles. The van der Waals surface area contributed by atoms with Gasteiger partial charge in [0.05, 0.1) is 24.9 Å². The molecule has 1 atom stereocenters. The minimum absolute atomic E-state index is 0.137. The first-order valence-electron chi connectivity index (χ1n) is 8.66. The molecule has 0 fully saturated rings. The van der Waals surface area contributed by atoms with Crippen LogP contribution in [-0.2, 0) is 0 Å². The smallest absolute Gasteiger partial charge is 0.269 e. The molecule has 0 bridgehead atoms. The summed E-state index contributed by atoms with van der Waals surface area (Å²) in [5.74, 6) is 0.504. The second kappa shape index (κ2) is 8.67. The van der Waals surface area contributed by atoms with Crippen LogP contribution in [0, 0.1) is 6.92 Å². The molecule has 6 heteroatoms. The van der Waals surface area contributed by atoms with Crippen LogP contribution in [0.3, 0.4) is 0 Å². The number of nitrogens with zero attached hydrogens (tertiary/aromatic N) is 2. The average molecular weight is 345 g/mol. The fourth-order valence-corrected chi connectivity index (χ4v) is 2.82. The third kappa shape index (κ3) is 4.60. The predicted molar refractivity (Wildman–Crippen MR) is 96.9 cm³/mol. The molecule has 1 unspecified atom stereocenters. The van der Waals surface area contributed by atoms with Gasteiger partial charge in [-0.25, -0.2) is 0 Å². The maximum Gasteiger partial charge on any atom is 0.269 e. The van der Waals surface area contributed by atoms with E-state index >= 15 is 0 Å². The number of aromatic nitrogens is 2. The number of aliphatic hydroxyl groups excluding tert-OH is 1. The molecule has 2 aromatic rings. The summed E-state index contributed by atoms with van der Waals surface area (Å²) in [6.07, 6.45) is 1.04. The van der Waals surface area contributed by atoms with Gasteiger partial charge in [0.2, 0.25) is 0 Å². The third-order valence-electron chi connectivity index (χ3n) is 4.34. The highest BCUT2D eigenvalue weighted by Gasteiger charge is 2.19. The van der Waals surface area contributed by atoms with Crippen LogP contribution in [0.15, 0.2) is 30.3 Å². The summed E-state index contributed by atoms with van der Waals surface area (Å²) >= 11 is 0. The number of ether oxygens (including phenoxy) is 1. The van der Waals surface area contributed by atoms with Crippen LogP contribution in [0.25, 0.3) is 0 Å². The summed E-state index contributed by atoms with van der Waals surface area (Å²) in [4.78, 5) is 12.5. The molecule has 0 radical (unpaired) electrons. The van der Waals surface area contributed by atoms with Crippen molar-refractivity contribution >= 4 is 5.91 Å². The number of hydrogen-bond donors (Lipinski definition) is 2. The molecule has 1 aromatic heterocycles. The number of amides is 1. The molecule has 0 saturated heterocycles. The lowest BCUT2D eigenvalue weighted by molar-refractivity contribution is 0.0902. The predicted octanol–water partition coefficient (Wildman–Crippen LogP) is 3.02. The van der Waals surface area contributed by atoms with Crippen LogP contribution in [0.1, 0.15) is 60.6 Å². The number of carbonyl (C=O) groups is 1. The van der Waals surface area contributed by atoms with Crippen molar-refractivity contribution in [2.24, 2.45) is 0 Å². The molecule has 0 saturated carbocycles. The Kier molecular flexibility index (Phi) is 6.58. The SMILES string of the molecule is CCC(CC)n1nc(C)cc1C(=O)NCC(O)c1ccc(OC)cc1. The van der Waals surface area contributed by atoms with Gasteiger partial charge < -0.3 is 15.2 Å². The number of hydrogen-bond acceptors (Lipinski definition) is 4. The molecule has 2 N–H and O–H groups in total. The Hall–Kier alpha value is -2.34. The van der Waals surface area contributed by atoms with Crippen LogP contribution in [0.5, 0.6) is 5.75 Å². The summed E-state index contributed by atoms with van der Waals surface area (Å²) < 4.78 is 6.90. The van der Waals surface area contributed by atoms with E-state index in [9.17, 15) is 9.90 Å². The van der Waals surface area contributed by atoms with Gasteiger partial charge in [-0.2, -0.15) is 5.10 Å². The van der Waals surface area contributed by atoms with E-state index in [2.05, 4.69) is 24.3 Å². The molecule has 136 valence electrons. The molecular formula is C19H27N3O3. The highest BCUT2D eigenvalue weighted by atomic mass is 16.5. The summed E-state index contributed by atoms with van der Waals surface area (Å²) in [6.45, 7) is 6.18. The molecule has 0 spiro atoms. The van der Waals surface area contributed by atoms with Crippen LogP contribution < -0.4 is 10.1 Å². The summed E-state index contributed by atoms with van der Waals surface area (Å²) in [5, 5.41) is 17.5. The first-order valence-corrected chi connectivity index (χ1v) is 8.66. The normalized spacial score (nSPS) is 12.2. The van der Waals surface area contributed by atoms with Gasteiger partial charge in [0, 0.05) is 6.54 Å². The highest BCUT2D eigenvalue weighted by molar-refractivity contribution is 5.92. The van der Waals surface area contributed by atoms with Crippen molar-refractivity contribution in [2.75, 3.05) is 13.7 Å². The van der Waals surface area contributed by atoms with Crippen LogP contribution in [-0.4, -0.2) is 34.4 Å². The van der Waals surface area contributed by atoms with E-state index in [4.69, 9.17) is 4.74 Å². The molecule has 1 amide bonds. The Morgan fingerprint density at radius 3 is 2.48 bits per heavy atom. The lowest BCUT2D eigenvalue weighted by Gasteiger charge is -2.17. The Labute approximate surface area is 148 Å². The number of aryl methyl sites for hydroxylation is 1. The number of benzene rings is 1. The van der Waals surface area contributed by atoms with Crippen LogP contribution in [0.4, 0.5) is 0 Å². The zero-order valence-corrected chi connectivity index (χ0v) is 15.3. The first-order chi connectivity index (χ1) is 12.0. The lowest BCUT2D eigenvalue weighted by Crippen LogP contribution is -2.31. The maximum absolute atomic E-state index is 12.5. The quantitative estimate of drug-likeness (QED) is 0.771. The van der Waals surface area contributed by atoms with E-state index in [0.717, 1.165) is 29.8 Å². The molecule has 1 aromatic carbocycles. The van der Waals surface area contributed by atoms with Crippen molar-refractivity contribution in [3.8, 4) is 5.75 Å². The molecular weight excluding hydrogens is 318 g/mol. The van der Waals surface area contributed by atoms with Gasteiger partial charge in [-0.1, -0.05) is 26.0 Å². The van der Waals surface area contributed by atoms with Crippen molar-refractivity contribution < 1.29 is 14.6 Å². The summed E-state index contributed by atoms with van der Waals surface area (Å²) in [6, 6.07) is 9.12. The highest BCUT2D eigenvalue weighted by Crippen LogP contribution is 2.19. The molecule has 25 heavy (non-hydrogen) atoms. The van der Waals surface area contributed by atoms with Crippen molar-refractivity contribution in [1.82, 2.24) is 15.1 Å². The topological polar surface area (TPSA) is 76.4 Å². The van der Waals surface area contributed by atoms with Crippen molar-refractivity contribution in [2.45, 2.75) is 45.8 Å². The van der Waals surface area contributed by atoms with Gasteiger partial charge in [-0.15, -0.1) is 0 Å². The zero-order chi connectivity index (χ0) is 18.4. The Bertz CT molecular complexity index is 690. The van der Waals surface area contributed by atoms with Gasteiger partial charge in [-0.3, -0.25) is 9.48 Å². The second-order valence-corrected chi connectivity index (χ2v) is 6.08. The van der Waals surface area contributed by atoms with Crippen molar-refractivity contribution in [3.05, 3.63) is 47.3 Å². The third-order valence-corrected chi connectivity index (χ3v) is 4.34. The molecule has 0 aliphatic heterocycles. The van der Waals surface area contributed by atoms with Gasteiger partial charge in [0.25, 0.3) is 5.91 Å². The number of nitrogens with one attached hydrogen (secondary N) is 1. The Morgan fingerprint density at radius 1 is 1.28 bits per heavy atom. The summed E-state index contributed by atoms with van der Waals surface area (Å²) in [7, 11) is 1.59. The Balaban J connectivity index is 2.04. The van der Waals surface area contributed by atoms with Gasteiger partial charge in [-0.05, 0) is 43.5 Å². The number of rotatable bonds is 8. The van der Waals surface area contributed by atoms with Gasteiger partial charge in [0.1, 0.15) is 11.4 Å². The molecule has 2 rings (SSSR count). The van der Waals surface area contributed by atoms with E-state index in [1.54, 1.807) is 42.1 Å². The average Bonchev–Trinajstić information content (AvgIpc) is 3.02. The van der Waals surface area contributed by atoms with E-state index in [1.807, 2.05) is 6.92 Å². The van der Waals surface area contributed by atoms with Crippen LogP contribution in [0.2, 0.25) is 0 Å². The zero-order valence-electron chi connectivity index (χ0n) is 15.3. The first kappa shape index (κ1) is 19.0. The van der Waals surface area contributed by atoms with E-state index in [0.29, 0.717) is 5.69 Å². The van der Waals surface area contributed by atoms with Crippen molar-refractivity contribution in [1.29, 1.82) is 0 Å². The van der Waals surface area contributed by atoms with E-state index < -0.39 is 6.10 Å². The van der Waals surface area contributed by atoms with Gasteiger partial charge in [0.15, 0.2) is 0 Å². The molecule has 1 heterocycles. The number of methoxy groups -OCH3 is 1. The van der Waals surface area contributed by atoms with Gasteiger partial charge >= 0.3 is 0 Å². The van der Waals surface area contributed by atoms with Crippen molar-refractivity contribution in [3.63, 3.8) is 0 Å². The summed E-state index contributed by atoms with van der Waals surface area (Å²) in [5.41, 5.74) is 2.08. The largest absolute Gasteiger partial charge is 0.497 e.